The summed E-state index contributed by atoms with van der Waals surface area (Å²) in [4.78, 5) is 4.62. The molecular formula is C24H36I2N2O. The Balaban J connectivity index is 1.92. The van der Waals surface area contributed by atoms with Crippen LogP contribution in [0.2, 0.25) is 0 Å². The fourth-order valence-electron chi connectivity index (χ4n) is 3.63. The highest BCUT2D eigenvalue weighted by molar-refractivity contribution is 14.1. The molecule has 3 atom stereocenters. The van der Waals surface area contributed by atoms with Gasteiger partial charge in [0.25, 0.3) is 0 Å². The molecule has 162 valence electrons. The Kier molecular flexibility index (Phi) is 9.19. The summed E-state index contributed by atoms with van der Waals surface area (Å²) >= 11 is 4.83. The predicted molar refractivity (Wildman–Crippen MR) is 143 cm³/mol. The number of aliphatic hydroxyl groups excluding tert-OH is 1. The standard InChI is InChI=1S/C24H36I2N2O/c1-23(2,3)18-11-17(22(29)21(12-18)24(4,5)6)15-28-8-7-27-14-16-9-19(25)13-20(26)10-16/h9,11-13,15-16,21-22,27,29H,7-8,10,14H2,1-6H3/b28-15+. The van der Waals surface area contributed by atoms with Gasteiger partial charge in [-0.25, -0.2) is 0 Å². The molecule has 2 aliphatic rings. The Labute approximate surface area is 204 Å². The minimum atomic E-state index is -0.499. The third-order valence-electron chi connectivity index (χ3n) is 5.44. The van der Waals surface area contributed by atoms with Crippen LogP contribution in [0.1, 0.15) is 48.0 Å². The summed E-state index contributed by atoms with van der Waals surface area (Å²) in [7, 11) is 0. The third kappa shape index (κ3) is 7.89. The number of nitrogens with zero attached hydrogens (tertiary/aromatic N) is 1. The van der Waals surface area contributed by atoms with E-state index in [0.29, 0.717) is 5.92 Å². The van der Waals surface area contributed by atoms with Crippen molar-refractivity contribution in [2.75, 3.05) is 19.6 Å². The Morgan fingerprint density at radius 1 is 1.14 bits per heavy atom. The van der Waals surface area contributed by atoms with Gasteiger partial charge in [0.15, 0.2) is 0 Å². The van der Waals surface area contributed by atoms with Crippen molar-refractivity contribution in [3.05, 3.63) is 42.6 Å². The normalized spacial score (nSPS) is 26.2. The molecule has 0 aromatic carbocycles. The molecule has 0 fully saturated rings. The van der Waals surface area contributed by atoms with Crippen molar-refractivity contribution >= 4 is 51.4 Å². The number of halogens is 2. The zero-order valence-corrected chi connectivity index (χ0v) is 22.9. The monoisotopic (exact) mass is 622 g/mol. The number of nitrogens with one attached hydrogen (secondary N) is 1. The second-order valence-corrected chi connectivity index (χ2v) is 12.8. The van der Waals surface area contributed by atoms with E-state index < -0.39 is 6.10 Å². The average molecular weight is 622 g/mol. The summed E-state index contributed by atoms with van der Waals surface area (Å²) in [5.41, 5.74) is 2.27. The summed E-state index contributed by atoms with van der Waals surface area (Å²) in [5.74, 6) is 0.662. The third-order valence-corrected chi connectivity index (χ3v) is 6.86. The molecule has 0 aromatic heterocycles. The fraction of sp³-hybridized carbons (Fsp3) is 0.625. The number of aliphatic hydroxyl groups is 1. The van der Waals surface area contributed by atoms with Crippen LogP contribution in [0.4, 0.5) is 0 Å². The number of rotatable bonds is 6. The summed E-state index contributed by atoms with van der Waals surface area (Å²) in [5, 5.41) is 14.5. The SMILES string of the molecule is CC(C)(C)C1=CC(C(C)(C)C)C(O)C(/C=N/CCNCC2C=C(I)C=C(I)C2)=C1. The van der Waals surface area contributed by atoms with Gasteiger partial charge in [-0.2, -0.15) is 0 Å². The van der Waals surface area contributed by atoms with Crippen molar-refractivity contribution < 1.29 is 5.11 Å². The lowest BCUT2D eigenvalue weighted by Gasteiger charge is -2.38. The average Bonchev–Trinajstić information content (AvgIpc) is 2.56. The molecule has 0 saturated carbocycles. The first-order valence-corrected chi connectivity index (χ1v) is 12.6. The summed E-state index contributed by atoms with van der Waals surface area (Å²) < 4.78 is 2.76. The van der Waals surface area contributed by atoms with Crippen LogP contribution >= 0.6 is 45.2 Å². The summed E-state index contributed by atoms with van der Waals surface area (Å²) in [6.07, 6.45) is 11.5. The quantitative estimate of drug-likeness (QED) is 0.210. The second kappa shape index (κ2) is 10.6. The highest BCUT2D eigenvalue weighted by Gasteiger charge is 2.35. The van der Waals surface area contributed by atoms with Gasteiger partial charge in [0.1, 0.15) is 0 Å². The van der Waals surface area contributed by atoms with Gasteiger partial charge in [-0.1, -0.05) is 59.8 Å². The van der Waals surface area contributed by atoms with Gasteiger partial charge in [0.2, 0.25) is 0 Å². The molecule has 0 saturated heterocycles. The Hall–Kier alpha value is 0.01000. The van der Waals surface area contributed by atoms with Crippen molar-refractivity contribution in [1.29, 1.82) is 0 Å². The largest absolute Gasteiger partial charge is 0.388 e. The lowest BCUT2D eigenvalue weighted by molar-refractivity contribution is 0.100. The van der Waals surface area contributed by atoms with E-state index in [2.05, 4.69) is 121 Å². The van der Waals surface area contributed by atoms with E-state index in [1.54, 1.807) is 0 Å². The van der Waals surface area contributed by atoms with Gasteiger partial charge in [-0.3, -0.25) is 4.99 Å². The molecule has 2 rings (SSSR count). The molecule has 2 aliphatic carbocycles. The Bertz CT molecular complexity index is 733. The smallest absolute Gasteiger partial charge is 0.0872 e. The molecule has 3 unspecified atom stereocenters. The van der Waals surface area contributed by atoms with E-state index in [1.165, 1.54) is 12.7 Å². The molecule has 0 aliphatic heterocycles. The highest BCUT2D eigenvalue weighted by Crippen LogP contribution is 2.40. The zero-order valence-electron chi connectivity index (χ0n) is 18.6. The minimum Gasteiger partial charge on any atom is -0.388 e. The van der Waals surface area contributed by atoms with Crippen LogP contribution in [0, 0.1) is 22.7 Å². The highest BCUT2D eigenvalue weighted by atomic mass is 127. The van der Waals surface area contributed by atoms with Crippen LogP contribution < -0.4 is 5.32 Å². The van der Waals surface area contributed by atoms with E-state index in [-0.39, 0.29) is 16.7 Å². The maximum Gasteiger partial charge on any atom is 0.0872 e. The number of hydrogen-bond donors (Lipinski definition) is 2. The van der Waals surface area contributed by atoms with Crippen molar-refractivity contribution in [3.63, 3.8) is 0 Å². The van der Waals surface area contributed by atoms with E-state index >= 15 is 0 Å². The first-order valence-electron chi connectivity index (χ1n) is 10.4. The van der Waals surface area contributed by atoms with Crippen LogP contribution in [0.3, 0.4) is 0 Å². The molecule has 0 amide bonds. The first-order chi connectivity index (χ1) is 13.4. The Morgan fingerprint density at radius 2 is 1.83 bits per heavy atom. The van der Waals surface area contributed by atoms with Gasteiger partial charge in [-0.05, 0) is 89.2 Å². The maximum atomic E-state index is 10.9. The van der Waals surface area contributed by atoms with E-state index in [9.17, 15) is 5.11 Å². The fourth-order valence-corrected chi connectivity index (χ4v) is 6.01. The van der Waals surface area contributed by atoms with Gasteiger partial charge >= 0.3 is 0 Å². The van der Waals surface area contributed by atoms with Crippen molar-refractivity contribution in [2.45, 2.75) is 54.1 Å². The van der Waals surface area contributed by atoms with E-state index in [1.807, 2.05) is 6.21 Å². The summed E-state index contributed by atoms with van der Waals surface area (Å²) in [6, 6.07) is 0. The Morgan fingerprint density at radius 3 is 2.41 bits per heavy atom. The molecular weight excluding hydrogens is 586 g/mol. The first kappa shape index (κ1) is 25.3. The zero-order chi connectivity index (χ0) is 21.8. The van der Waals surface area contributed by atoms with Gasteiger partial charge in [0.05, 0.1) is 12.6 Å². The molecule has 3 nitrogen and oxygen atoms in total. The number of aliphatic imine (C=N–C) groups is 1. The number of hydrogen-bond acceptors (Lipinski definition) is 3. The molecule has 2 N–H and O–H groups in total. The van der Waals surface area contributed by atoms with Crippen LogP contribution in [-0.4, -0.2) is 37.1 Å². The topological polar surface area (TPSA) is 44.6 Å². The van der Waals surface area contributed by atoms with E-state index in [0.717, 1.165) is 31.6 Å². The van der Waals surface area contributed by atoms with Crippen molar-refractivity contribution in [3.8, 4) is 0 Å². The molecule has 5 heteroatoms. The van der Waals surface area contributed by atoms with Crippen LogP contribution in [0.25, 0.3) is 0 Å². The van der Waals surface area contributed by atoms with Gasteiger partial charge in [-0.15, -0.1) is 0 Å². The molecule has 0 radical (unpaired) electrons. The molecule has 0 spiro atoms. The lowest BCUT2D eigenvalue weighted by Crippen LogP contribution is -2.36. The minimum absolute atomic E-state index is 0.00180. The van der Waals surface area contributed by atoms with Crippen LogP contribution in [0.15, 0.2) is 47.6 Å². The van der Waals surface area contributed by atoms with Gasteiger partial charge in [0, 0.05) is 28.8 Å². The van der Waals surface area contributed by atoms with Gasteiger partial charge < -0.3 is 10.4 Å². The molecule has 0 aromatic rings. The molecule has 29 heavy (non-hydrogen) atoms. The van der Waals surface area contributed by atoms with Crippen molar-refractivity contribution in [1.82, 2.24) is 5.32 Å². The molecule has 0 heterocycles. The number of allylic oxidation sites excluding steroid dienone is 5. The predicted octanol–water partition coefficient (Wildman–Crippen LogP) is 6.24. The lowest BCUT2D eigenvalue weighted by atomic mass is 9.69. The maximum absolute atomic E-state index is 10.9. The second-order valence-electron chi connectivity index (χ2n) is 10.2. The van der Waals surface area contributed by atoms with Crippen LogP contribution in [-0.2, 0) is 0 Å². The van der Waals surface area contributed by atoms with Crippen LogP contribution in [0.5, 0.6) is 0 Å². The summed E-state index contributed by atoms with van der Waals surface area (Å²) in [6.45, 7) is 15.8. The van der Waals surface area contributed by atoms with Crippen molar-refractivity contribution in [2.24, 2.45) is 27.7 Å². The molecule has 0 bridgehead atoms. The van der Waals surface area contributed by atoms with E-state index in [4.69, 9.17) is 0 Å².